The summed E-state index contributed by atoms with van der Waals surface area (Å²) in [5.74, 6) is -1.58. The molecule has 0 bridgehead atoms. The monoisotopic (exact) mass is 351 g/mol. The average molecular weight is 351 g/mol. The summed E-state index contributed by atoms with van der Waals surface area (Å²) in [6.45, 7) is 3.43. The molecule has 0 unspecified atom stereocenters. The maximum atomic E-state index is 12.8. The number of nitrogens with two attached hydrogens (primary N) is 1. The third-order valence-electron chi connectivity index (χ3n) is 4.44. The first kappa shape index (κ1) is 17.3. The first-order chi connectivity index (χ1) is 12.4. The fourth-order valence-electron chi connectivity index (χ4n) is 3.18. The average Bonchev–Trinajstić information content (AvgIpc) is 2.61. The molecule has 7 heteroatoms. The van der Waals surface area contributed by atoms with E-state index in [9.17, 15) is 14.9 Å². The van der Waals surface area contributed by atoms with Crippen LogP contribution in [0.3, 0.4) is 0 Å². The van der Waals surface area contributed by atoms with Crippen molar-refractivity contribution in [1.29, 1.82) is 5.26 Å². The lowest BCUT2D eigenvalue weighted by Crippen LogP contribution is -2.29. The Morgan fingerprint density at radius 1 is 1.38 bits per heavy atom. The number of hydrogen-bond acceptors (Lipinski definition) is 6. The van der Waals surface area contributed by atoms with Gasteiger partial charge in [-0.3, -0.25) is 4.79 Å². The molecule has 0 amide bonds. The fourth-order valence-corrected chi connectivity index (χ4v) is 3.18. The van der Waals surface area contributed by atoms with E-state index in [1.807, 2.05) is 31.2 Å². The first-order valence-corrected chi connectivity index (χ1v) is 7.88. The lowest BCUT2D eigenvalue weighted by atomic mass is 9.83. The molecule has 3 N–H and O–H groups in total. The van der Waals surface area contributed by atoms with E-state index in [2.05, 4.69) is 4.98 Å². The molecule has 1 aromatic carbocycles. The van der Waals surface area contributed by atoms with Crippen molar-refractivity contribution in [3.63, 3.8) is 0 Å². The van der Waals surface area contributed by atoms with Crippen LogP contribution in [0.4, 0.5) is 0 Å². The lowest BCUT2D eigenvalue weighted by Gasteiger charge is -2.26. The normalized spacial score (nSPS) is 17.1. The minimum Gasteiger partial charge on any atom is -0.466 e. The lowest BCUT2D eigenvalue weighted by molar-refractivity contribution is -0.136. The van der Waals surface area contributed by atoms with E-state index in [1.54, 1.807) is 13.0 Å². The van der Waals surface area contributed by atoms with Crippen molar-refractivity contribution in [2.45, 2.75) is 19.8 Å². The van der Waals surface area contributed by atoms with E-state index >= 15 is 0 Å². The number of esters is 1. The third-order valence-corrected chi connectivity index (χ3v) is 4.44. The summed E-state index contributed by atoms with van der Waals surface area (Å²) in [5.41, 5.74) is 7.34. The number of nitriles is 1. The summed E-state index contributed by atoms with van der Waals surface area (Å²) in [5, 5.41) is 10.3. The molecule has 0 saturated heterocycles. The number of fused-ring (bicyclic) bond motifs is 1. The Morgan fingerprint density at radius 3 is 2.77 bits per heavy atom. The predicted octanol–water partition coefficient (Wildman–Crippen LogP) is 2.09. The van der Waals surface area contributed by atoms with E-state index < -0.39 is 17.4 Å². The third kappa shape index (κ3) is 2.62. The van der Waals surface area contributed by atoms with E-state index in [0.717, 1.165) is 10.9 Å². The molecule has 0 radical (unpaired) electrons. The molecule has 0 aliphatic carbocycles. The number of carbonyl (C=O) groups is 1. The highest BCUT2D eigenvalue weighted by molar-refractivity contribution is 5.93. The van der Waals surface area contributed by atoms with Gasteiger partial charge in [-0.1, -0.05) is 18.2 Å². The van der Waals surface area contributed by atoms with Crippen molar-refractivity contribution >= 4 is 16.9 Å². The number of methoxy groups -OCH3 is 1. The van der Waals surface area contributed by atoms with Crippen molar-refractivity contribution in [2.75, 3.05) is 7.11 Å². The number of carbonyl (C=O) groups excluding carboxylic acids is 1. The summed E-state index contributed by atoms with van der Waals surface area (Å²) >= 11 is 0. The van der Waals surface area contributed by atoms with Gasteiger partial charge in [0.05, 0.1) is 24.1 Å². The van der Waals surface area contributed by atoms with Gasteiger partial charge in [0.1, 0.15) is 17.4 Å². The van der Waals surface area contributed by atoms with Gasteiger partial charge in [-0.05, 0) is 30.9 Å². The van der Waals surface area contributed by atoms with E-state index in [4.69, 9.17) is 15.2 Å². The molecule has 2 heterocycles. The van der Waals surface area contributed by atoms with Gasteiger partial charge in [0.25, 0.3) is 5.56 Å². The number of allylic oxidation sites excluding steroid dienone is 2. The fraction of sp³-hybridized carbons (Fsp3) is 0.211. The zero-order valence-corrected chi connectivity index (χ0v) is 14.5. The van der Waals surface area contributed by atoms with Crippen LogP contribution in [0.2, 0.25) is 0 Å². The van der Waals surface area contributed by atoms with Crippen LogP contribution in [0.5, 0.6) is 0 Å². The van der Waals surface area contributed by atoms with E-state index in [1.165, 1.54) is 7.11 Å². The van der Waals surface area contributed by atoms with Crippen LogP contribution in [-0.4, -0.2) is 18.1 Å². The number of pyridine rings is 1. The summed E-state index contributed by atoms with van der Waals surface area (Å²) in [6.07, 6.45) is 0. The van der Waals surface area contributed by atoms with Crippen molar-refractivity contribution in [3.8, 4) is 6.07 Å². The Balaban J connectivity index is 2.34. The van der Waals surface area contributed by atoms with Crippen LogP contribution in [0.25, 0.3) is 10.9 Å². The maximum Gasteiger partial charge on any atom is 0.338 e. The topological polar surface area (TPSA) is 118 Å². The van der Waals surface area contributed by atoms with Crippen molar-refractivity contribution in [2.24, 2.45) is 5.73 Å². The Hall–Kier alpha value is -3.53. The number of rotatable bonds is 2. The van der Waals surface area contributed by atoms with Crippen LogP contribution in [-0.2, 0) is 14.3 Å². The van der Waals surface area contributed by atoms with Gasteiger partial charge < -0.3 is 20.2 Å². The van der Waals surface area contributed by atoms with E-state index in [0.29, 0.717) is 5.52 Å². The number of nitrogens with one attached hydrogen (secondary N) is 1. The second-order valence-electron chi connectivity index (χ2n) is 5.98. The Morgan fingerprint density at radius 2 is 2.12 bits per heavy atom. The molecular weight excluding hydrogens is 334 g/mol. The van der Waals surface area contributed by atoms with Crippen LogP contribution in [0.15, 0.2) is 51.8 Å². The molecule has 1 aliphatic heterocycles. The number of hydrogen-bond donors (Lipinski definition) is 2. The largest absolute Gasteiger partial charge is 0.466 e. The number of ether oxygens (including phenoxy) is 2. The number of H-pyrrole nitrogens is 1. The van der Waals surface area contributed by atoms with Gasteiger partial charge in [-0.2, -0.15) is 5.26 Å². The van der Waals surface area contributed by atoms with Crippen LogP contribution in [0, 0.1) is 18.3 Å². The molecule has 26 heavy (non-hydrogen) atoms. The van der Waals surface area contributed by atoms with Crippen LogP contribution in [0.1, 0.15) is 24.0 Å². The van der Waals surface area contributed by atoms with Crippen LogP contribution < -0.4 is 11.3 Å². The van der Waals surface area contributed by atoms with Gasteiger partial charge in [0.15, 0.2) is 0 Å². The first-order valence-electron chi connectivity index (χ1n) is 7.88. The Kier molecular flexibility index (Phi) is 4.26. The Bertz CT molecular complexity index is 1090. The number of aromatic nitrogens is 1. The number of aryl methyl sites for hydroxylation is 1. The van der Waals surface area contributed by atoms with Crippen molar-refractivity contribution in [3.05, 3.63) is 68.5 Å². The summed E-state index contributed by atoms with van der Waals surface area (Å²) in [7, 11) is 1.22. The second-order valence-corrected chi connectivity index (χ2v) is 5.98. The molecule has 7 nitrogen and oxygen atoms in total. The molecule has 132 valence electrons. The summed E-state index contributed by atoms with van der Waals surface area (Å²) in [6, 6.07) is 9.21. The summed E-state index contributed by atoms with van der Waals surface area (Å²) in [4.78, 5) is 27.9. The molecule has 3 rings (SSSR count). The maximum absolute atomic E-state index is 12.8. The molecule has 1 aliphatic rings. The highest BCUT2D eigenvalue weighted by Gasteiger charge is 2.37. The number of benzene rings is 1. The molecule has 0 spiro atoms. The molecule has 1 atom stereocenters. The highest BCUT2D eigenvalue weighted by Crippen LogP contribution is 2.38. The van der Waals surface area contributed by atoms with Crippen molar-refractivity contribution < 1.29 is 14.3 Å². The molecule has 0 fully saturated rings. The minimum absolute atomic E-state index is 0.00602. The molecule has 2 aromatic rings. The number of nitrogens with zero attached hydrogens (tertiary/aromatic N) is 1. The van der Waals surface area contributed by atoms with Gasteiger partial charge in [0.2, 0.25) is 5.88 Å². The van der Waals surface area contributed by atoms with Gasteiger partial charge in [0, 0.05) is 5.56 Å². The quantitative estimate of drug-likeness (QED) is 0.800. The molecular formula is C19H17N3O4. The van der Waals surface area contributed by atoms with Gasteiger partial charge >= 0.3 is 5.97 Å². The standard InChI is InChI=1S/C19H17N3O4/c1-9-5-4-6-11-7-12(18(23)22-16(9)11)15-13(8-20)17(21)26-10(2)14(15)19(24)25-3/h4-7,15H,21H2,1-3H3,(H,22,23)/t15-/m1/s1. The van der Waals surface area contributed by atoms with Crippen molar-refractivity contribution in [1.82, 2.24) is 4.98 Å². The highest BCUT2D eigenvalue weighted by atomic mass is 16.5. The predicted molar refractivity (Wildman–Crippen MR) is 94.7 cm³/mol. The second kappa shape index (κ2) is 6.41. The SMILES string of the molecule is COC(=O)C1=C(C)OC(N)=C(C#N)[C@H]1c1cc2cccc(C)c2[nH]c1=O. The molecule has 0 saturated carbocycles. The zero-order valence-electron chi connectivity index (χ0n) is 14.5. The minimum atomic E-state index is -0.963. The van der Waals surface area contributed by atoms with Gasteiger partial charge in [-0.15, -0.1) is 0 Å². The number of aromatic amines is 1. The van der Waals surface area contributed by atoms with E-state index in [-0.39, 0.29) is 28.4 Å². The zero-order chi connectivity index (χ0) is 19.0. The number of para-hydroxylation sites is 1. The Labute approximate surface area is 149 Å². The molecule has 1 aromatic heterocycles. The van der Waals surface area contributed by atoms with Crippen LogP contribution >= 0.6 is 0 Å². The smallest absolute Gasteiger partial charge is 0.338 e. The van der Waals surface area contributed by atoms with Gasteiger partial charge in [-0.25, -0.2) is 4.79 Å². The summed E-state index contributed by atoms with van der Waals surface area (Å²) < 4.78 is 10.1.